The Kier molecular flexibility index (Phi) is 10.5. The van der Waals surface area contributed by atoms with Crippen LogP contribution in [0.25, 0.3) is 0 Å². The van der Waals surface area contributed by atoms with Crippen molar-refractivity contribution in [3.8, 4) is 0 Å². The van der Waals surface area contributed by atoms with Gasteiger partial charge in [0, 0.05) is 0 Å². The van der Waals surface area contributed by atoms with E-state index in [1.54, 1.807) is 0 Å². The third-order valence-corrected chi connectivity index (χ3v) is 2.77. The summed E-state index contributed by atoms with van der Waals surface area (Å²) < 4.78 is 9.99. The highest BCUT2D eigenvalue weighted by atomic mass is 16.6. The molecule has 0 saturated heterocycles. The number of rotatable bonds is 10. The quantitative estimate of drug-likeness (QED) is 0.380. The Bertz CT molecular complexity index is 302. The summed E-state index contributed by atoms with van der Waals surface area (Å²) in [5, 5.41) is 2.52. The van der Waals surface area contributed by atoms with Crippen molar-refractivity contribution in [1.29, 1.82) is 0 Å². The van der Waals surface area contributed by atoms with Crippen molar-refractivity contribution in [3.63, 3.8) is 0 Å². The number of alkyl carbamates (subject to hydrolysis) is 1. The minimum atomic E-state index is -0.682. The maximum Gasteiger partial charge on any atom is 0.408 e. The van der Waals surface area contributed by atoms with Crippen LogP contribution in [0, 0.1) is 5.92 Å². The van der Waals surface area contributed by atoms with Gasteiger partial charge in [0.05, 0.1) is 6.61 Å². The Morgan fingerprint density at radius 2 is 1.90 bits per heavy atom. The molecular formula is C15H27NO4. The maximum absolute atomic E-state index is 11.9. The molecule has 1 amide bonds. The number of unbranched alkanes of at least 4 members (excludes halogenated alkanes) is 3. The van der Waals surface area contributed by atoms with Crippen molar-refractivity contribution >= 4 is 12.1 Å². The van der Waals surface area contributed by atoms with Crippen molar-refractivity contribution < 1.29 is 19.1 Å². The van der Waals surface area contributed by atoms with Gasteiger partial charge in [0.15, 0.2) is 0 Å². The highest BCUT2D eigenvalue weighted by Crippen LogP contribution is 2.06. The molecular weight excluding hydrogens is 258 g/mol. The number of carbonyl (C=O) groups excluding carboxylic acids is 2. The lowest BCUT2D eigenvalue weighted by molar-refractivity contribution is -0.147. The minimum absolute atomic E-state index is 0.0607. The summed E-state index contributed by atoms with van der Waals surface area (Å²) in [6.45, 7) is 9.77. The van der Waals surface area contributed by atoms with Crippen LogP contribution in [0.15, 0.2) is 12.7 Å². The molecule has 0 aromatic carbocycles. The molecule has 5 nitrogen and oxygen atoms in total. The van der Waals surface area contributed by atoms with Crippen LogP contribution in [0.4, 0.5) is 4.79 Å². The first-order valence-electron chi connectivity index (χ1n) is 7.23. The SMILES string of the molecule is C=CCOC(=O)NC(C(=O)OCCCCCC)C(C)C. The van der Waals surface area contributed by atoms with Crippen molar-refractivity contribution in [3.05, 3.63) is 12.7 Å². The predicted octanol–water partition coefficient (Wildman–Crippen LogP) is 3.05. The number of ether oxygens (including phenoxy) is 2. The Hall–Kier alpha value is -1.52. The number of hydrogen-bond acceptors (Lipinski definition) is 4. The first-order valence-corrected chi connectivity index (χ1v) is 7.23. The molecule has 0 radical (unpaired) electrons. The normalized spacial score (nSPS) is 11.8. The fraction of sp³-hybridized carbons (Fsp3) is 0.733. The number of hydrogen-bond donors (Lipinski definition) is 1. The smallest absolute Gasteiger partial charge is 0.408 e. The van der Waals surface area contributed by atoms with Crippen molar-refractivity contribution in [1.82, 2.24) is 5.32 Å². The van der Waals surface area contributed by atoms with Gasteiger partial charge in [0.1, 0.15) is 12.6 Å². The van der Waals surface area contributed by atoms with E-state index >= 15 is 0 Å². The molecule has 0 rings (SSSR count). The molecule has 1 N–H and O–H groups in total. The summed E-state index contributed by atoms with van der Waals surface area (Å²) in [4.78, 5) is 23.4. The van der Waals surface area contributed by atoms with Gasteiger partial charge in [-0.3, -0.25) is 0 Å². The molecule has 116 valence electrons. The second-order valence-corrected chi connectivity index (χ2v) is 4.98. The van der Waals surface area contributed by atoms with Crippen molar-refractivity contribution in [2.45, 2.75) is 52.5 Å². The highest BCUT2D eigenvalue weighted by molar-refractivity contribution is 5.81. The van der Waals surface area contributed by atoms with E-state index in [1.807, 2.05) is 13.8 Å². The Balaban J connectivity index is 4.12. The van der Waals surface area contributed by atoms with Crippen LogP contribution in [0.5, 0.6) is 0 Å². The molecule has 5 heteroatoms. The molecule has 0 aliphatic heterocycles. The van der Waals surface area contributed by atoms with Gasteiger partial charge in [0.2, 0.25) is 0 Å². The zero-order chi connectivity index (χ0) is 15.4. The molecule has 0 aromatic rings. The van der Waals surface area contributed by atoms with Crippen molar-refractivity contribution in [2.24, 2.45) is 5.92 Å². The highest BCUT2D eigenvalue weighted by Gasteiger charge is 2.26. The van der Waals surface area contributed by atoms with E-state index in [2.05, 4.69) is 18.8 Å². The average molecular weight is 285 g/mol. The molecule has 1 unspecified atom stereocenters. The predicted molar refractivity (Wildman–Crippen MR) is 78.4 cm³/mol. The van der Waals surface area contributed by atoms with Gasteiger partial charge >= 0.3 is 12.1 Å². The van der Waals surface area contributed by atoms with Gasteiger partial charge in [0.25, 0.3) is 0 Å². The molecule has 0 heterocycles. The van der Waals surface area contributed by atoms with Crippen LogP contribution < -0.4 is 5.32 Å². The van der Waals surface area contributed by atoms with E-state index in [0.29, 0.717) is 6.61 Å². The van der Waals surface area contributed by atoms with E-state index in [1.165, 1.54) is 6.08 Å². The van der Waals surface area contributed by atoms with Crippen molar-refractivity contribution in [2.75, 3.05) is 13.2 Å². The zero-order valence-corrected chi connectivity index (χ0v) is 12.8. The molecule has 20 heavy (non-hydrogen) atoms. The summed E-state index contributed by atoms with van der Waals surface area (Å²) in [6, 6.07) is -0.682. The second kappa shape index (κ2) is 11.3. The van der Waals surface area contributed by atoms with E-state index < -0.39 is 18.1 Å². The van der Waals surface area contributed by atoms with Gasteiger partial charge in [-0.15, -0.1) is 0 Å². The molecule has 0 saturated carbocycles. The van der Waals surface area contributed by atoms with E-state index in [4.69, 9.17) is 9.47 Å². The van der Waals surface area contributed by atoms with Crippen LogP contribution in [-0.4, -0.2) is 31.3 Å². The number of nitrogens with one attached hydrogen (secondary N) is 1. The van der Waals surface area contributed by atoms with Crippen LogP contribution in [0.2, 0.25) is 0 Å². The lowest BCUT2D eigenvalue weighted by Gasteiger charge is -2.20. The lowest BCUT2D eigenvalue weighted by atomic mass is 10.1. The monoisotopic (exact) mass is 285 g/mol. The Morgan fingerprint density at radius 1 is 1.20 bits per heavy atom. The molecule has 0 bridgehead atoms. The maximum atomic E-state index is 11.9. The Labute approximate surface area is 121 Å². The lowest BCUT2D eigenvalue weighted by Crippen LogP contribution is -2.45. The van der Waals surface area contributed by atoms with Gasteiger partial charge in [-0.1, -0.05) is 52.7 Å². The third-order valence-electron chi connectivity index (χ3n) is 2.77. The number of esters is 1. The second-order valence-electron chi connectivity index (χ2n) is 4.98. The Morgan fingerprint density at radius 3 is 2.45 bits per heavy atom. The van der Waals surface area contributed by atoms with Crippen LogP contribution in [0.1, 0.15) is 46.5 Å². The summed E-state index contributed by atoms with van der Waals surface area (Å²) in [5.74, 6) is -0.471. The summed E-state index contributed by atoms with van der Waals surface area (Å²) in [7, 11) is 0. The van der Waals surface area contributed by atoms with E-state index in [0.717, 1.165) is 25.7 Å². The van der Waals surface area contributed by atoms with Gasteiger partial charge in [-0.2, -0.15) is 0 Å². The molecule has 0 aromatic heterocycles. The van der Waals surface area contributed by atoms with Crippen LogP contribution in [0.3, 0.4) is 0 Å². The largest absolute Gasteiger partial charge is 0.464 e. The molecule has 0 fully saturated rings. The summed E-state index contributed by atoms with van der Waals surface area (Å²) in [6.07, 6.45) is 5.01. The molecule has 0 aliphatic carbocycles. The summed E-state index contributed by atoms with van der Waals surface area (Å²) >= 11 is 0. The average Bonchev–Trinajstić information content (AvgIpc) is 2.41. The third kappa shape index (κ3) is 8.56. The zero-order valence-electron chi connectivity index (χ0n) is 12.8. The molecule has 0 aliphatic rings. The minimum Gasteiger partial charge on any atom is -0.464 e. The number of amides is 1. The van der Waals surface area contributed by atoms with E-state index in [9.17, 15) is 9.59 Å². The van der Waals surface area contributed by atoms with Gasteiger partial charge < -0.3 is 14.8 Å². The first-order chi connectivity index (χ1) is 9.52. The molecule has 0 spiro atoms. The molecule has 1 atom stereocenters. The van der Waals surface area contributed by atoms with Crippen LogP contribution >= 0.6 is 0 Å². The fourth-order valence-electron chi connectivity index (χ4n) is 1.59. The first kappa shape index (κ1) is 18.5. The van der Waals surface area contributed by atoms with Crippen LogP contribution in [-0.2, 0) is 14.3 Å². The topological polar surface area (TPSA) is 64.6 Å². The van der Waals surface area contributed by atoms with Gasteiger partial charge in [-0.25, -0.2) is 9.59 Å². The number of carbonyl (C=O) groups is 2. The van der Waals surface area contributed by atoms with E-state index in [-0.39, 0.29) is 12.5 Å². The summed E-state index contributed by atoms with van der Waals surface area (Å²) in [5.41, 5.74) is 0. The fourth-order valence-corrected chi connectivity index (χ4v) is 1.59. The van der Waals surface area contributed by atoms with Gasteiger partial charge in [-0.05, 0) is 12.3 Å². The standard InChI is InChI=1S/C15H27NO4/c1-5-7-8-9-11-19-14(17)13(12(3)4)16-15(18)20-10-6-2/h6,12-13H,2,5,7-11H2,1,3-4H3,(H,16,18).